The van der Waals surface area contributed by atoms with E-state index in [0.29, 0.717) is 26.2 Å². The second-order valence-corrected chi connectivity index (χ2v) is 5.49. The molecule has 1 aliphatic rings. The maximum Gasteiger partial charge on any atom is 0.257 e. The summed E-state index contributed by atoms with van der Waals surface area (Å²) in [5, 5.41) is 9.76. The van der Waals surface area contributed by atoms with Gasteiger partial charge in [0.1, 0.15) is 23.1 Å². The number of benzene rings is 1. The molecule has 2 heterocycles. The van der Waals surface area contributed by atoms with E-state index in [0.717, 1.165) is 17.6 Å². The summed E-state index contributed by atoms with van der Waals surface area (Å²) < 4.78 is 18.2. The smallest absolute Gasteiger partial charge is 0.257 e. The molecule has 0 atom stereocenters. The molecule has 1 fully saturated rings. The number of hydrogen-bond acceptors (Lipinski definition) is 5. The lowest BCUT2D eigenvalue weighted by Gasteiger charge is -2.35. The molecule has 6 nitrogen and oxygen atoms in total. The highest BCUT2D eigenvalue weighted by molar-refractivity contribution is 5.97. The molecule has 3 rings (SSSR count). The number of aromatic hydroxyl groups is 1. The first-order chi connectivity index (χ1) is 11.6. The number of anilines is 1. The number of amides is 1. The van der Waals surface area contributed by atoms with Gasteiger partial charge < -0.3 is 19.6 Å². The zero-order valence-corrected chi connectivity index (χ0v) is 13.3. The van der Waals surface area contributed by atoms with Crippen molar-refractivity contribution in [1.82, 2.24) is 9.88 Å². The van der Waals surface area contributed by atoms with E-state index in [4.69, 9.17) is 4.74 Å². The third kappa shape index (κ3) is 3.24. The van der Waals surface area contributed by atoms with E-state index < -0.39 is 5.82 Å². The van der Waals surface area contributed by atoms with Crippen molar-refractivity contribution in [2.24, 2.45) is 0 Å². The molecule has 1 N–H and O–H groups in total. The van der Waals surface area contributed by atoms with E-state index in [1.807, 2.05) is 6.07 Å². The van der Waals surface area contributed by atoms with Gasteiger partial charge in [0, 0.05) is 44.5 Å². The predicted octanol–water partition coefficient (Wildman–Crippen LogP) is 1.90. The van der Waals surface area contributed by atoms with Gasteiger partial charge in [0.25, 0.3) is 5.91 Å². The Morgan fingerprint density at radius 3 is 2.62 bits per heavy atom. The van der Waals surface area contributed by atoms with Crippen LogP contribution in [0.5, 0.6) is 11.5 Å². The summed E-state index contributed by atoms with van der Waals surface area (Å²) in [6.45, 7) is 2.23. The molecule has 0 unspecified atom stereocenters. The van der Waals surface area contributed by atoms with Crippen LogP contribution < -0.4 is 9.64 Å². The van der Waals surface area contributed by atoms with Crippen LogP contribution in [0, 0.1) is 5.82 Å². The number of aromatic nitrogens is 1. The van der Waals surface area contributed by atoms with Gasteiger partial charge in [-0.2, -0.15) is 0 Å². The number of pyridine rings is 1. The molecule has 0 spiro atoms. The van der Waals surface area contributed by atoms with Gasteiger partial charge in [-0.3, -0.25) is 4.79 Å². The second-order valence-electron chi connectivity index (χ2n) is 5.49. The van der Waals surface area contributed by atoms with Gasteiger partial charge in [-0.05, 0) is 18.2 Å². The lowest BCUT2D eigenvalue weighted by Crippen LogP contribution is -2.49. The van der Waals surface area contributed by atoms with Gasteiger partial charge in [-0.1, -0.05) is 0 Å². The van der Waals surface area contributed by atoms with Crippen LogP contribution in [0.2, 0.25) is 0 Å². The van der Waals surface area contributed by atoms with Gasteiger partial charge in [0.15, 0.2) is 0 Å². The number of phenolic OH excluding ortho intramolecular Hbond substituents is 1. The summed E-state index contributed by atoms with van der Waals surface area (Å²) >= 11 is 0. The number of carbonyl (C=O) groups excluding carboxylic acids is 1. The van der Waals surface area contributed by atoms with Crippen LogP contribution in [-0.2, 0) is 0 Å². The molecule has 0 bridgehead atoms. The SMILES string of the molecule is COc1ccnc(N2CCN(C(=O)c3ccc(F)cc3O)CC2)c1. The van der Waals surface area contributed by atoms with E-state index in [1.54, 1.807) is 24.3 Å². The molecule has 1 saturated heterocycles. The predicted molar refractivity (Wildman–Crippen MR) is 87.0 cm³/mol. The van der Waals surface area contributed by atoms with Crippen molar-refractivity contribution in [1.29, 1.82) is 0 Å². The molecule has 126 valence electrons. The minimum absolute atomic E-state index is 0.115. The Bertz CT molecular complexity index is 746. The topological polar surface area (TPSA) is 65.9 Å². The third-order valence-corrected chi connectivity index (χ3v) is 4.03. The molecule has 7 heteroatoms. The van der Waals surface area contributed by atoms with E-state index in [-0.39, 0.29) is 17.2 Å². The Morgan fingerprint density at radius 1 is 1.21 bits per heavy atom. The number of phenols is 1. The number of halogens is 1. The molecular formula is C17H18FN3O3. The van der Waals surface area contributed by atoms with Gasteiger partial charge in [0.05, 0.1) is 12.7 Å². The quantitative estimate of drug-likeness (QED) is 0.930. The van der Waals surface area contributed by atoms with Crippen LogP contribution in [0.25, 0.3) is 0 Å². The zero-order valence-electron chi connectivity index (χ0n) is 13.3. The molecule has 2 aromatic rings. The summed E-state index contributed by atoms with van der Waals surface area (Å²) in [5.74, 6) is 0.321. The first-order valence-electron chi connectivity index (χ1n) is 7.61. The summed E-state index contributed by atoms with van der Waals surface area (Å²) in [6.07, 6.45) is 1.68. The first-order valence-corrected chi connectivity index (χ1v) is 7.61. The minimum Gasteiger partial charge on any atom is -0.507 e. The van der Waals surface area contributed by atoms with Crippen molar-refractivity contribution >= 4 is 11.7 Å². The van der Waals surface area contributed by atoms with Gasteiger partial charge in [0.2, 0.25) is 0 Å². The molecule has 24 heavy (non-hydrogen) atoms. The van der Waals surface area contributed by atoms with Crippen molar-refractivity contribution in [3.63, 3.8) is 0 Å². The monoisotopic (exact) mass is 331 g/mol. The average molecular weight is 331 g/mol. The summed E-state index contributed by atoms with van der Waals surface area (Å²) in [7, 11) is 1.60. The van der Waals surface area contributed by atoms with Crippen molar-refractivity contribution in [2.75, 3.05) is 38.2 Å². The van der Waals surface area contributed by atoms with Crippen LogP contribution in [0.3, 0.4) is 0 Å². The minimum atomic E-state index is -0.571. The lowest BCUT2D eigenvalue weighted by molar-refractivity contribution is 0.0743. The highest BCUT2D eigenvalue weighted by Gasteiger charge is 2.24. The number of nitrogens with zero attached hydrogens (tertiary/aromatic N) is 3. The van der Waals surface area contributed by atoms with Gasteiger partial charge in [-0.15, -0.1) is 0 Å². The Labute approximate surface area is 139 Å². The number of hydrogen-bond donors (Lipinski definition) is 1. The number of piperazine rings is 1. The Kier molecular flexibility index (Phi) is 4.50. The largest absolute Gasteiger partial charge is 0.507 e. The third-order valence-electron chi connectivity index (χ3n) is 4.03. The van der Waals surface area contributed by atoms with E-state index in [2.05, 4.69) is 9.88 Å². The van der Waals surface area contributed by atoms with E-state index >= 15 is 0 Å². The van der Waals surface area contributed by atoms with Crippen LogP contribution in [0.4, 0.5) is 10.2 Å². The molecule has 0 aliphatic carbocycles. The summed E-state index contributed by atoms with van der Waals surface area (Å²) in [5.41, 5.74) is 0.115. The molecule has 0 saturated carbocycles. The highest BCUT2D eigenvalue weighted by Crippen LogP contribution is 2.22. The van der Waals surface area contributed by atoms with Crippen molar-refractivity contribution in [3.05, 3.63) is 47.9 Å². The van der Waals surface area contributed by atoms with Crippen molar-refractivity contribution < 1.29 is 19.0 Å². The van der Waals surface area contributed by atoms with Crippen LogP contribution >= 0.6 is 0 Å². The second kappa shape index (κ2) is 6.74. The Morgan fingerprint density at radius 2 is 1.96 bits per heavy atom. The number of rotatable bonds is 3. The number of methoxy groups -OCH3 is 1. The van der Waals surface area contributed by atoms with Crippen LogP contribution in [0.15, 0.2) is 36.5 Å². The Hall–Kier alpha value is -2.83. The Balaban J connectivity index is 1.67. The summed E-state index contributed by atoms with van der Waals surface area (Å²) in [4.78, 5) is 20.5. The molecule has 0 radical (unpaired) electrons. The number of carbonyl (C=O) groups is 1. The zero-order chi connectivity index (χ0) is 17.1. The normalized spacial score (nSPS) is 14.6. The molecule has 1 amide bonds. The fourth-order valence-corrected chi connectivity index (χ4v) is 2.69. The number of ether oxygens (including phenoxy) is 1. The standard InChI is InChI=1S/C17H18FN3O3/c1-24-13-4-5-19-16(11-13)20-6-8-21(9-7-20)17(23)14-3-2-12(18)10-15(14)22/h2-5,10-11,22H,6-9H2,1H3. The van der Waals surface area contributed by atoms with Crippen molar-refractivity contribution in [2.45, 2.75) is 0 Å². The average Bonchev–Trinajstić information content (AvgIpc) is 2.61. The molecule has 1 aliphatic heterocycles. The van der Waals surface area contributed by atoms with Crippen molar-refractivity contribution in [3.8, 4) is 11.5 Å². The van der Waals surface area contributed by atoms with E-state index in [9.17, 15) is 14.3 Å². The highest BCUT2D eigenvalue weighted by atomic mass is 19.1. The molecule has 1 aromatic carbocycles. The van der Waals surface area contributed by atoms with Gasteiger partial charge in [-0.25, -0.2) is 9.37 Å². The maximum atomic E-state index is 13.0. The lowest BCUT2D eigenvalue weighted by atomic mass is 10.1. The van der Waals surface area contributed by atoms with E-state index in [1.165, 1.54) is 12.1 Å². The fraction of sp³-hybridized carbons (Fsp3) is 0.294. The van der Waals surface area contributed by atoms with Crippen LogP contribution in [-0.4, -0.2) is 54.2 Å². The summed E-state index contributed by atoms with van der Waals surface area (Å²) in [6, 6.07) is 7.06. The molecular weight excluding hydrogens is 313 g/mol. The fourth-order valence-electron chi connectivity index (χ4n) is 2.69. The van der Waals surface area contributed by atoms with Gasteiger partial charge >= 0.3 is 0 Å². The molecule has 1 aromatic heterocycles. The van der Waals surface area contributed by atoms with Crippen LogP contribution in [0.1, 0.15) is 10.4 Å². The maximum absolute atomic E-state index is 13.0. The first kappa shape index (κ1) is 16.0.